The summed E-state index contributed by atoms with van der Waals surface area (Å²) in [7, 11) is 0. The summed E-state index contributed by atoms with van der Waals surface area (Å²) in [5, 5.41) is 4.30. The van der Waals surface area contributed by atoms with E-state index in [4.69, 9.17) is 20.9 Å². The molecule has 0 N–H and O–H groups in total. The van der Waals surface area contributed by atoms with Crippen LogP contribution in [0.3, 0.4) is 0 Å². The molecular weight excluding hydrogens is 347 g/mol. The van der Waals surface area contributed by atoms with Crippen LogP contribution in [0.25, 0.3) is 0 Å². The largest absolute Gasteiger partial charge is 0.443 e. The highest BCUT2D eigenvalue weighted by Crippen LogP contribution is 2.22. The van der Waals surface area contributed by atoms with Crippen LogP contribution in [0.2, 0.25) is 5.22 Å². The fourth-order valence-corrected chi connectivity index (χ4v) is 2.84. The molecule has 1 aliphatic heterocycles. The molecule has 0 fully saturated rings. The fraction of sp³-hybridized carbons (Fsp3) is 0.333. The molecule has 1 amide bonds. The van der Waals surface area contributed by atoms with Crippen molar-refractivity contribution in [3.8, 4) is 0 Å². The summed E-state index contributed by atoms with van der Waals surface area (Å²) in [5.74, 6) is 0.155. The van der Waals surface area contributed by atoms with Crippen molar-refractivity contribution in [2.75, 3.05) is 6.54 Å². The molecule has 132 valence electrons. The highest BCUT2D eigenvalue weighted by molar-refractivity contribution is 6.29. The average Bonchev–Trinajstić information content (AvgIpc) is 3.24. The van der Waals surface area contributed by atoms with Crippen LogP contribution in [0.1, 0.15) is 31.1 Å². The van der Waals surface area contributed by atoms with Crippen molar-refractivity contribution in [1.82, 2.24) is 4.90 Å². The van der Waals surface area contributed by atoms with Crippen molar-refractivity contribution in [2.24, 2.45) is 5.16 Å². The minimum Gasteiger partial charge on any atom is -0.443 e. The molecule has 0 saturated heterocycles. The summed E-state index contributed by atoms with van der Waals surface area (Å²) in [5.41, 5.74) is 1.12. The zero-order valence-electron chi connectivity index (χ0n) is 13.7. The normalized spacial score (nSPS) is 16.4. The summed E-state index contributed by atoms with van der Waals surface area (Å²) in [6.45, 7) is 2.29. The van der Waals surface area contributed by atoms with Gasteiger partial charge in [0.05, 0.1) is 6.54 Å². The Hall–Kier alpha value is -2.34. The first-order valence-corrected chi connectivity index (χ1v) is 8.44. The number of carbonyl (C=O) groups is 1. The number of amides is 1. The van der Waals surface area contributed by atoms with E-state index in [1.165, 1.54) is 6.07 Å². The van der Waals surface area contributed by atoms with Crippen LogP contribution in [0.5, 0.6) is 0 Å². The molecule has 0 unspecified atom stereocenters. The van der Waals surface area contributed by atoms with Gasteiger partial charge in [0, 0.05) is 24.9 Å². The monoisotopic (exact) mass is 364 g/mol. The van der Waals surface area contributed by atoms with E-state index >= 15 is 0 Å². The Morgan fingerprint density at radius 3 is 2.84 bits per heavy atom. The molecule has 2 aromatic rings. The molecule has 0 saturated carbocycles. The predicted octanol–water partition coefficient (Wildman–Crippen LogP) is 4.00. The van der Waals surface area contributed by atoms with Crippen LogP contribution >= 0.6 is 11.6 Å². The van der Waals surface area contributed by atoms with Crippen LogP contribution in [0.4, 0.5) is 4.39 Å². The van der Waals surface area contributed by atoms with Gasteiger partial charge in [-0.3, -0.25) is 4.79 Å². The Labute approximate surface area is 150 Å². The first kappa shape index (κ1) is 17.5. The molecule has 5 nitrogen and oxygen atoms in total. The van der Waals surface area contributed by atoms with Crippen LogP contribution in [-0.2, 0) is 16.2 Å². The lowest BCUT2D eigenvalue weighted by atomic mass is 10.1. The zero-order chi connectivity index (χ0) is 17.8. The van der Waals surface area contributed by atoms with Gasteiger partial charge in [-0.05, 0) is 29.8 Å². The Balaban J connectivity index is 1.66. The summed E-state index contributed by atoms with van der Waals surface area (Å²) in [6.07, 6.45) is 0.526. The maximum atomic E-state index is 13.9. The van der Waals surface area contributed by atoms with Crippen LogP contribution < -0.4 is 0 Å². The number of nitrogens with zero attached hydrogens (tertiary/aromatic N) is 2. The van der Waals surface area contributed by atoms with Crippen molar-refractivity contribution >= 4 is 23.2 Å². The Morgan fingerprint density at radius 1 is 1.36 bits per heavy atom. The van der Waals surface area contributed by atoms with E-state index in [2.05, 4.69) is 5.16 Å². The van der Waals surface area contributed by atoms with Gasteiger partial charge in [-0.25, -0.2) is 4.39 Å². The molecule has 0 aliphatic carbocycles. The van der Waals surface area contributed by atoms with Crippen molar-refractivity contribution < 1.29 is 18.4 Å². The van der Waals surface area contributed by atoms with Gasteiger partial charge in [-0.1, -0.05) is 30.3 Å². The number of hydrogen-bond donors (Lipinski definition) is 0. The maximum absolute atomic E-state index is 13.9. The number of hydrogen-bond acceptors (Lipinski definition) is 4. The maximum Gasteiger partial charge on any atom is 0.222 e. The molecule has 0 bridgehead atoms. The van der Waals surface area contributed by atoms with Gasteiger partial charge < -0.3 is 14.2 Å². The van der Waals surface area contributed by atoms with Gasteiger partial charge in [0.15, 0.2) is 17.1 Å². The van der Waals surface area contributed by atoms with Gasteiger partial charge >= 0.3 is 0 Å². The van der Waals surface area contributed by atoms with Crippen molar-refractivity contribution in [3.63, 3.8) is 0 Å². The van der Waals surface area contributed by atoms with E-state index in [0.29, 0.717) is 36.4 Å². The molecular formula is C18H18ClFN2O3. The SMILES string of the molecule is CCC(=O)N(Cc1ccccc1F)C[C@@H]1CC(c2ccc(Cl)o2)=NO1. The molecule has 0 radical (unpaired) electrons. The van der Waals surface area contributed by atoms with E-state index in [0.717, 1.165) is 0 Å². The average molecular weight is 365 g/mol. The number of benzene rings is 1. The standard InChI is InChI=1S/C18H18ClFN2O3/c1-2-18(23)22(10-12-5-3-4-6-14(12)20)11-13-9-15(21-25-13)16-7-8-17(19)24-16/h3-8,13H,2,9-11H2,1H3/t13-/m0/s1. The molecule has 3 rings (SSSR count). The lowest BCUT2D eigenvalue weighted by Gasteiger charge is -2.24. The fourth-order valence-electron chi connectivity index (χ4n) is 2.70. The van der Waals surface area contributed by atoms with E-state index in [9.17, 15) is 9.18 Å². The quantitative estimate of drug-likeness (QED) is 0.778. The number of rotatable bonds is 6. The van der Waals surface area contributed by atoms with Crippen molar-refractivity contribution in [3.05, 3.63) is 58.8 Å². The van der Waals surface area contributed by atoms with E-state index < -0.39 is 0 Å². The second-order valence-corrected chi connectivity index (χ2v) is 6.17. The summed E-state index contributed by atoms with van der Waals surface area (Å²) >= 11 is 5.77. The van der Waals surface area contributed by atoms with Gasteiger partial charge in [0.25, 0.3) is 0 Å². The third-order valence-corrected chi connectivity index (χ3v) is 4.19. The number of halogens is 2. The van der Waals surface area contributed by atoms with Gasteiger partial charge in [-0.2, -0.15) is 0 Å². The van der Waals surface area contributed by atoms with Gasteiger partial charge in [0.2, 0.25) is 5.91 Å². The van der Waals surface area contributed by atoms with Gasteiger partial charge in [-0.15, -0.1) is 0 Å². The number of oxime groups is 1. The smallest absolute Gasteiger partial charge is 0.222 e. The summed E-state index contributed by atoms with van der Waals surface area (Å²) in [6, 6.07) is 9.80. The highest BCUT2D eigenvalue weighted by atomic mass is 35.5. The first-order chi connectivity index (χ1) is 12.1. The van der Waals surface area contributed by atoms with E-state index in [1.54, 1.807) is 42.2 Å². The predicted molar refractivity (Wildman–Crippen MR) is 91.9 cm³/mol. The zero-order valence-corrected chi connectivity index (χ0v) is 14.5. The summed E-state index contributed by atoms with van der Waals surface area (Å²) in [4.78, 5) is 19.3. The molecule has 1 aromatic heterocycles. The van der Waals surface area contributed by atoms with Crippen LogP contribution in [0.15, 0.2) is 46.0 Å². The third-order valence-electron chi connectivity index (χ3n) is 3.99. The van der Waals surface area contributed by atoms with Crippen LogP contribution in [-0.4, -0.2) is 29.2 Å². The molecule has 7 heteroatoms. The molecule has 1 aromatic carbocycles. The van der Waals surface area contributed by atoms with Gasteiger partial charge in [0.1, 0.15) is 11.5 Å². The molecule has 0 spiro atoms. The van der Waals surface area contributed by atoms with E-state index in [-0.39, 0.29) is 29.6 Å². The van der Waals surface area contributed by atoms with E-state index in [1.807, 2.05) is 0 Å². The Morgan fingerprint density at radius 2 is 2.16 bits per heavy atom. The summed E-state index contributed by atoms with van der Waals surface area (Å²) < 4.78 is 19.2. The molecule has 2 heterocycles. The second-order valence-electron chi connectivity index (χ2n) is 5.79. The Kier molecular flexibility index (Phi) is 5.38. The molecule has 1 atom stereocenters. The van der Waals surface area contributed by atoms with Crippen molar-refractivity contribution in [2.45, 2.75) is 32.4 Å². The first-order valence-electron chi connectivity index (χ1n) is 8.06. The lowest BCUT2D eigenvalue weighted by Crippen LogP contribution is -2.37. The number of carbonyl (C=O) groups excluding carboxylic acids is 1. The topological polar surface area (TPSA) is 55.0 Å². The number of furan rings is 1. The third kappa shape index (κ3) is 4.20. The Bertz CT molecular complexity index is 790. The highest BCUT2D eigenvalue weighted by Gasteiger charge is 2.28. The lowest BCUT2D eigenvalue weighted by molar-refractivity contribution is -0.133. The second kappa shape index (κ2) is 7.70. The minimum atomic E-state index is -0.328. The minimum absolute atomic E-state index is 0.0682. The molecule has 25 heavy (non-hydrogen) atoms. The van der Waals surface area contributed by atoms with Crippen LogP contribution in [0, 0.1) is 5.82 Å². The van der Waals surface area contributed by atoms with Crippen molar-refractivity contribution in [1.29, 1.82) is 0 Å². The molecule has 1 aliphatic rings.